The number of hydrogen-bond acceptors (Lipinski definition) is 8. The fourth-order valence-electron chi connectivity index (χ4n) is 4.26. The number of ether oxygens (including phenoxy) is 2. The Morgan fingerprint density at radius 1 is 0.975 bits per heavy atom. The third-order valence-electron chi connectivity index (χ3n) is 6.32. The number of nitro groups is 1. The molecule has 40 heavy (non-hydrogen) atoms. The van der Waals surface area contributed by atoms with Gasteiger partial charge in [-0.3, -0.25) is 29.4 Å². The van der Waals surface area contributed by atoms with Crippen LogP contribution in [-0.4, -0.2) is 40.4 Å². The fourth-order valence-corrected chi connectivity index (χ4v) is 5.10. The fraction of sp³-hybridized carbons (Fsp3) is 0.100. The Morgan fingerprint density at radius 2 is 1.73 bits per heavy atom. The second kappa shape index (κ2) is 11.4. The van der Waals surface area contributed by atoms with Crippen LogP contribution in [0.25, 0.3) is 16.8 Å². The molecule has 4 aromatic rings. The Bertz CT molecular complexity index is 1680. The Balaban J connectivity index is 1.28. The summed E-state index contributed by atoms with van der Waals surface area (Å²) in [7, 11) is 1.52. The van der Waals surface area contributed by atoms with Crippen molar-refractivity contribution < 1.29 is 28.8 Å². The SMILES string of the molecule is COc1cc(/C=C2/SC(=O)N(CC(=O)c3ccc([N+](=O)[O-])cc3)C2=O)ccc1OCc1cccc2ccccc12. The van der Waals surface area contributed by atoms with E-state index in [1.165, 1.54) is 31.4 Å². The maximum Gasteiger partial charge on any atom is 0.293 e. The highest BCUT2D eigenvalue weighted by atomic mass is 32.2. The number of benzene rings is 4. The van der Waals surface area contributed by atoms with Gasteiger partial charge in [0.25, 0.3) is 16.8 Å². The van der Waals surface area contributed by atoms with Gasteiger partial charge in [-0.05, 0) is 64.0 Å². The average molecular weight is 555 g/mol. The summed E-state index contributed by atoms with van der Waals surface area (Å²) >= 11 is 0.731. The zero-order chi connectivity index (χ0) is 28.2. The lowest BCUT2D eigenvalue weighted by molar-refractivity contribution is -0.384. The van der Waals surface area contributed by atoms with Crippen molar-refractivity contribution in [2.75, 3.05) is 13.7 Å². The molecule has 5 rings (SSSR count). The van der Waals surface area contributed by atoms with Crippen molar-refractivity contribution in [3.05, 3.63) is 117 Å². The second-order valence-electron chi connectivity index (χ2n) is 8.83. The van der Waals surface area contributed by atoms with E-state index >= 15 is 0 Å². The monoisotopic (exact) mass is 554 g/mol. The van der Waals surface area contributed by atoms with Crippen molar-refractivity contribution in [1.29, 1.82) is 0 Å². The summed E-state index contributed by atoms with van der Waals surface area (Å²) in [6.07, 6.45) is 1.55. The molecule has 0 N–H and O–H groups in total. The van der Waals surface area contributed by atoms with E-state index in [2.05, 4.69) is 0 Å². The van der Waals surface area contributed by atoms with Gasteiger partial charge >= 0.3 is 0 Å². The standard InChI is InChI=1S/C30H22N2O7S/c1-38-27-15-19(9-14-26(27)39-18-22-7-4-6-20-5-2-3-8-24(20)22)16-28-29(34)31(30(35)40-28)17-25(33)21-10-12-23(13-11-21)32(36)37/h2-16H,17-18H2,1H3/b28-16+. The van der Waals surface area contributed by atoms with Crippen LogP contribution < -0.4 is 9.47 Å². The van der Waals surface area contributed by atoms with E-state index < -0.39 is 28.4 Å². The minimum absolute atomic E-state index is 0.160. The van der Waals surface area contributed by atoms with Crippen molar-refractivity contribution in [2.45, 2.75) is 6.61 Å². The average Bonchev–Trinajstić information content (AvgIpc) is 3.23. The lowest BCUT2D eigenvalue weighted by atomic mass is 10.1. The number of thioether (sulfide) groups is 1. The topological polar surface area (TPSA) is 116 Å². The molecule has 0 unspecified atom stereocenters. The molecule has 200 valence electrons. The molecule has 10 heteroatoms. The number of methoxy groups -OCH3 is 1. The van der Waals surface area contributed by atoms with Crippen LogP contribution in [-0.2, 0) is 11.4 Å². The van der Waals surface area contributed by atoms with Gasteiger partial charge < -0.3 is 9.47 Å². The summed E-state index contributed by atoms with van der Waals surface area (Å²) < 4.78 is 11.6. The molecule has 2 amide bonds. The lowest BCUT2D eigenvalue weighted by Crippen LogP contribution is -2.33. The van der Waals surface area contributed by atoms with Crippen molar-refractivity contribution in [3.8, 4) is 11.5 Å². The van der Waals surface area contributed by atoms with E-state index in [1.54, 1.807) is 24.3 Å². The molecule has 0 bridgehead atoms. The molecule has 0 atom stereocenters. The molecule has 1 fully saturated rings. The molecule has 1 heterocycles. The highest BCUT2D eigenvalue weighted by molar-refractivity contribution is 8.18. The molecule has 0 aliphatic carbocycles. The molecule has 9 nitrogen and oxygen atoms in total. The lowest BCUT2D eigenvalue weighted by Gasteiger charge is -2.13. The third kappa shape index (κ3) is 5.57. The Kier molecular flexibility index (Phi) is 7.61. The normalized spacial score (nSPS) is 14.1. The quantitative estimate of drug-likeness (QED) is 0.103. The van der Waals surface area contributed by atoms with E-state index in [0.717, 1.165) is 33.0 Å². The predicted molar refractivity (Wildman–Crippen MR) is 151 cm³/mol. The van der Waals surface area contributed by atoms with Gasteiger partial charge in [0, 0.05) is 17.7 Å². The summed E-state index contributed by atoms with van der Waals surface area (Å²) in [6.45, 7) is -0.136. The van der Waals surface area contributed by atoms with E-state index in [-0.39, 0.29) is 16.2 Å². The minimum atomic E-state index is -0.597. The van der Waals surface area contributed by atoms with Gasteiger partial charge in [-0.15, -0.1) is 0 Å². The van der Waals surface area contributed by atoms with Crippen molar-refractivity contribution in [2.24, 2.45) is 0 Å². The largest absolute Gasteiger partial charge is 0.493 e. The predicted octanol–water partition coefficient (Wildman–Crippen LogP) is 6.25. The molecule has 1 aliphatic rings. The van der Waals surface area contributed by atoms with Gasteiger partial charge in [0.05, 0.1) is 23.5 Å². The molecule has 4 aromatic carbocycles. The molecule has 0 saturated carbocycles. The number of nitrogens with zero attached hydrogens (tertiary/aromatic N) is 2. The molecular formula is C30H22N2O7S. The Labute approximate surface area is 233 Å². The van der Waals surface area contributed by atoms with Crippen LogP contribution in [0.2, 0.25) is 0 Å². The number of imide groups is 1. The van der Waals surface area contributed by atoms with Crippen LogP contribution in [0, 0.1) is 10.1 Å². The summed E-state index contributed by atoms with van der Waals surface area (Å²) in [6, 6.07) is 24.3. The van der Waals surface area contributed by atoms with Crippen LogP contribution in [0.15, 0.2) is 89.8 Å². The van der Waals surface area contributed by atoms with Gasteiger partial charge in [0.1, 0.15) is 6.61 Å². The third-order valence-corrected chi connectivity index (χ3v) is 7.23. The number of carbonyl (C=O) groups excluding carboxylic acids is 3. The summed E-state index contributed by atoms with van der Waals surface area (Å²) in [4.78, 5) is 49.4. The molecule has 1 saturated heterocycles. The van der Waals surface area contributed by atoms with E-state index in [9.17, 15) is 24.5 Å². The zero-order valence-corrected chi connectivity index (χ0v) is 22.1. The molecular weight excluding hydrogens is 532 g/mol. The number of fused-ring (bicyclic) bond motifs is 1. The maximum atomic E-state index is 12.9. The Hall–Kier alpha value is -4.96. The van der Waals surface area contributed by atoms with Gasteiger partial charge in [-0.2, -0.15) is 0 Å². The number of carbonyl (C=O) groups is 3. The zero-order valence-electron chi connectivity index (χ0n) is 21.2. The van der Waals surface area contributed by atoms with Crippen LogP contribution >= 0.6 is 11.8 Å². The van der Waals surface area contributed by atoms with Crippen LogP contribution in [0.1, 0.15) is 21.5 Å². The first kappa shape index (κ1) is 26.6. The molecule has 0 aromatic heterocycles. The van der Waals surface area contributed by atoms with Crippen molar-refractivity contribution in [1.82, 2.24) is 4.90 Å². The van der Waals surface area contributed by atoms with E-state index in [4.69, 9.17) is 9.47 Å². The summed E-state index contributed by atoms with van der Waals surface area (Å²) in [5.74, 6) is -0.121. The van der Waals surface area contributed by atoms with Crippen molar-refractivity contribution in [3.63, 3.8) is 0 Å². The Morgan fingerprint density at radius 3 is 2.48 bits per heavy atom. The molecule has 0 spiro atoms. The van der Waals surface area contributed by atoms with E-state index in [1.807, 2.05) is 42.5 Å². The first-order chi connectivity index (χ1) is 19.3. The number of amides is 2. The molecule has 1 aliphatic heterocycles. The molecule has 0 radical (unpaired) electrons. The number of ketones is 1. The number of non-ortho nitro benzene ring substituents is 1. The maximum absolute atomic E-state index is 12.9. The van der Waals surface area contributed by atoms with E-state index in [0.29, 0.717) is 23.7 Å². The first-order valence-electron chi connectivity index (χ1n) is 12.1. The smallest absolute Gasteiger partial charge is 0.293 e. The number of Topliss-reactive ketones (excluding diaryl/α,β-unsaturated/α-hetero) is 1. The number of hydrogen-bond donors (Lipinski definition) is 0. The van der Waals surface area contributed by atoms with Gasteiger partial charge in [0.15, 0.2) is 17.3 Å². The summed E-state index contributed by atoms with van der Waals surface area (Å²) in [5.41, 5.74) is 1.64. The first-order valence-corrected chi connectivity index (χ1v) is 13.0. The highest BCUT2D eigenvalue weighted by Crippen LogP contribution is 2.35. The second-order valence-corrected chi connectivity index (χ2v) is 9.83. The van der Waals surface area contributed by atoms with Gasteiger partial charge in [-0.25, -0.2) is 0 Å². The summed E-state index contributed by atoms with van der Waals surface area (Å²) in [5, 5.41) is 12.5. The highest BCUT2D eigenvalue weighted by Gasteiger charge is 2.36. The number of rotatable bonds is 9. The van der Waals surface area contributed by atoms with Crippen LogP contribution in [0.4, 0.5) is 10.5 Å². The van der Waals surface area contributed by atoms with Crippen molar-refractivity contribution >= 4 is 51.2 Å². The van der Waals surface area contributed by atoms with Gasteiger partial charge in [0.2, 0.25) is 0 Å². The minimum Gasteiger partial charge on any atom is -0.493 e. The van der Waals surface area contributed by atoms with Crippen LogP contribution in [0.3, 0.4) is 0 Å². The number of nitro benzene ring substituents is 1. The van der Waals surface area contributed by atoms with Crippen LogP contribution in [0.5, 0.6) is 11.5 Å². The van der Waals surface area contributed by atoms with Gasteiger partial charge in [-0.1, -0.05) is 48.5 Å².